The first-order chi connectivity index (χ1) is 6.70. The molecule has 1 heterocycles. The second-order valence-corrected chi connectivity index (χ2v) is 4.64. The Morgan fingerprint density at radius 3 is 2.93 bits per heavy atom. The van der Waals surface area contributed by atoms with Gasteiger partial charge in [0.2, 0.25) is 0 Å². The predicted octanol–water partition coefficient (Wildman–Crippen LogP) is 3.74. The lowest BCUT2D eigenvalue weighted by Gasteiger charge is -1.99. The van der Waals surface area contributed by atoms with E-state index in [0.29, 0.717) is 0 Å². The van der Waals surface area contributed by atoms with Crippen molar-refractivity contribution in [1.29, 1.82) is 0 Å². The summed E-state index contributed by atoms with van der Waals surface area (Å²) in [6.07, 6.45) is 1.74. The molecule has 0 amide bonds. The minimum atomic E-state index is -0.0776. The molecule has 0 saturated heterocycles. The van der Waals surface area contributed by atoms with Gasteiger partial charge in [0.15, 0.2) is 0 Å². The average molecular weight is 224 g/mol. The van der Waals surface area contributed by atoms with Crippen LogP contribution in [0, 0.1) is 0 Å². The molecule has 0 aliphatic carbocycles. The molecule has 0 saturated carbocycles. The van der Waals surface area contributed by atoms with E-state index in [1.54, 1.807) is 17.4 Å². The van der Waals surface area contributed by atoms with Gasteiger partial charge in [-0.25, -0.2) is 0 Å². The van der Waals surface area contributed by atoms with E-state index in [4.69, 9.17) is 17.3 Å². The monoisotopic (exact) mass is 223 g/mol. The van der Waals surface area contributed by atoms with Gasteiger partial charge in [-0.2, -0.15) is 0 Å². The lowest BCUT2D eigenvalue weighted by Crippen LogP contribution is -2.03. The molecule has 2 N–H and O–H groups in total. The summed E-state index contributed by atoms with van der Waals surface area (Å²) in [5.41, 5.74) is 5.86. The zero-order valence-corrected chi connectivity index (χ0v) is 9.11. The summed E-state index contributed by atoms with van der Waals surface area (Å²) >= 11 is 7.58. The van der Waals surface area contributed by atoms with Gasteiger partial charge in [0.05, 0.1) is 6.04 Å². The van der Waals surface area contributed by atoms with Crippen molar-refractivity contribution in [3.63, 3.8) is 0 Å². The fraction of sp³-hybridized carbons (Fsp3) is 0.0909. The molecular formula is C11H10ClNS. The Morgan fingerprint density at radius 1 is 1.43 bits per heavy atom. The lowest BCUT2D eigenvalue weighted by atomic mass is 10.2. The average Bonchev–Trinajstić information content (AvgIpc) is 2.59. The van der Waals surface area contributed by atoms with Gasteiger partial charge in [-0.05, 0) is 29.7 Å². The lowest BCUT2D eigenvalue weighted by molar-refractivity contribution is 0.941. The van der Waals surface area contributed by atoms with Crippen molar-refractivity contribution < 1.29 is 0 Å². The fourth-order valence-electron chi connectivity index (χ4n) is 1.32. The standard InChI is InChI=1S/C11H10ClNS/c1-2-9(13)11-6-7-5-8(12)3-4-10(7)14-11/h2-6,9H,1,13H2/t9-/m1/s1. The molecule has 72 valence electrons. The van der Waals surface area contributed by atoms with Crippen LogP contribution in [0.15, 0.2) is 36.9 Å². The fourth-order valence-corrected chi connectivity index (χ4v) is 2.54. The summed E-state index contributed by atoms with van der Waals surface area (Å²) in [4.78, 5) is 1.12. The van der Waals surface area contributed by atoms with Crippen LogP contribution in [-0.4, -0.2) is 0 Å². The van der Waals surface area contributed by atoms with Crippen molar-refractivity contribution in [2.45, 2.75) is 6.04 Å². The quantitative estimate of drug-likeness (QED) is 0.772. The van der Waals surface area contributed by atoms with E-state index in [9.17, 15) is 0 Å². The molecular weight excluding hydrogens is 214 g/mol. The second-order valence-electron chi connectivity index (χ2n) is 3.09. The maximum Gasteiger partial charge on any atom is 0.0573 e. The van der Waals surface area contributed by atoms with Crippen molar-refractivity contribution in [2.75, 3.05) is 0 Å². The number of thiophene rings is 1. The summed E-state index contributed by atoms with van der Waals surface area (Å²) in [7, 11) is 0. The highest BCUT2D eigenvalue weighted by Gasteiger charge is 2.06. The zero-order chi connectivity index (χ0) is 10.1. The number of benzene rings is 1. The molecule has 0 unspecified atom stereocenters. The molecule has 0 bridgehead atoms. The van der Waals surface area contributed by atoms with E-state index in [1.807, 2.05) is 18.2 Å². The van der Waals surface area contributed by atoms with Crippen LogP contribution in [0.25, 0.3) is 10.1 Å². The maximum atomic E-state index is 5.89. The van der Waals surface area contributed by atoms with E-state index in [2.05, 4.69) is 12.6 Å². The first-order valence-corrected chi connectivity index (χ1v) is 5.47. The summed E-state index contributed by atoms with van der Waals surface area (Å²) in [6, 6.07) is 7.85. The molecule has 0 aliphatic rings. The largest absolute Gasteiger partial charge is 0.320 e. The minimum Gasteiger partial charge on any atom is -0.320 e. The maximum absolute atomic E-state index is 5.89. The third-order valence-electron chi connectivity index (χ3n) is 2.08. The molecule has 0 spiro atoms. The number of hydrogen-bond acceptors (Lipinski definition) is 2. The molecule has 14 heavy (non-hydrogen) atoms. The smallest absolute Gasteiger partial charge is 0.0573 e. The Hall–Kier alpha value is -0.830. The van der Waals surface area contributed by atoms with E-state index >= 15 is 0 Å². The molecule has 1 aromatic heterocycles. The van der Waals surface area contributed by atoms with Gasteiger partial charge in [-0.15, -0.1) is 17.9 Å². The van der Waals surface area contributed by atoms with Gasteiger partial charge in [0.25, 0.3) is 0 Å². The van der Waals surface area contributed by atoms with Gasteiger partial charge in [-0.3, -0.25) is 0 Å². The predicted molar refractivity (Wildman–Crippen MR) is 64.0 cm³/mol. The summed E-state index contributed by atoms with van der Waals surface area (Å²) in [5, 5.41) is 1.91. The van der Waals surface area contributed by atoms with Gasteiger partial charge >= 0.3 is 0 Å². The molecule has 1 aromatic carbocycles. The normalized spacial score (nSPS) is 13.0. The Morgan fingerprint density at radius 2 is 2.21 bits per heavy atom. The van der Waals surface area contributed by atoms with E-state index in [-0.39, 0.29) is 6.04 Å². The Kier molecular flexibility index (Phi) is 2.59. The zero-order valence-electron chi connectivity index (χ0n) is 7.53. The van der Waals surface area contributed by atoms with Gasteiger partial charge < -0.3 is 5.73 Å². The van der Waals surface area contributed by atoms with E-state index in [1.165, 1.54) is 4.70 Å². The number of rotatable bonds is 2. The SMILES string of the molecule is C=C[C@@H](N)c1cc2cc(Cl)ccc2s1. The second kappa shape index (κ2) is 3.73. The number of nitrogens with two attached hydrogens (primary N) is 1. The molecule has 0 fully saturated rings. The van der Waals surface area contributed by atoms with E-state index < -0.39 is 0 Å². The first-order valence-electron chi connectivity index (χ1n) is 4.28. The van der Waals surface area contributed by atoms with Crippen molar-refractivity contribution in [3.8, 4) is 0 Å². The highest BCUT2D eigenvalue weighted by molar-refractivity contribution is 7.19. The first kappa shape index (κ1) is 9.71. The Bertz CT molecular complexity index is 475. The van der Waals surface area contributed by atoms with Crippen molar-refractivity contribution in [1.82, 2.24) is 0 Å². The van der Waals surface area contributed by atoms with Gasteiger partial charge in [-0.1, -0.05) is 17.7 Å². The number of fused-ring (bicyclic) bond motifs is 1. The van der Waals surface area contributed by atoms with Crippen LogP contribution in [0.2, 0.25) is 5.02 Å². The third kappa shape index (κ3) is 1.69. The van der Waals surface area contributed by atoms with Crippen molar-refractivity contribution >= 4 is 33.0 Å². The van der Waals surface area contributed by atoms with Crippen LogP contribution in [0.5, 0.6) is 0 Å². The Labute approximate surface area is 91.8 Å². The van der Waals surface area contributed by atoms with Crippen LogP contribution in [0.1, 0.15) is 10.9 Å². The summed E-state index contributed by atoms with van der Waals surface area (Å²) in [6.45, 7) is 3.68. The molecule has 0 radical (unpaired) electrons. The number of halogens is 1. The highest BCUT2D eigenvalue weighted by Crippen LogP contribution is 2.31. The molecule has 0 aliphatic heterocycles. The highest BCUT2D eigenvalue weighted by atomic mass is 35.5. The molecule has 1 atom stereocenters. The van der Waals surface area contributed by atoms with Crippen molar-refractivity contribution in [3.05, 3.63) is 46.8 Å². The molecule has 2 aromatic rings. The van der Waals surface area contributed by atoms with Crippen LogP contribution in [-0.2, 0) is 0 Å². The molecule has 2 rings (SSSR count). The van der Waals surface area contributed by atoms with Crippen molar-refractivity contribution in [2.24, 2.45) is 5.73 Å². The van der Waals surface area contributed by atoms with Gasteiger partial charge in [0, 0.05) is 14.6 Å². The summed E-state index contributed by atoms with van der Waals surface area (Å²) in [5.74, 6) is 0. The van der Waals surface area contributed by atoms with Crippen LogP contribution in [0.3, 0.4) is 0 Å². The van der Waals surface area contributed by atoms with Crippen LogP contribution in [0.4, 0.5) is 0 Å². The van der Waals surface area contributed by atoms with Gasteiger partial charge in [0.1, 0.15) is 0 Å². The molecule has 3 heteroatoms. The van der Waals surface area contributed by atoms with E-state index in [0.717, 1.165) is 15.3 Å². The third-order valence-corrected chi connectivity index (χ3v) is 3.53. The number of hydrogen-bond donors (Lipinski definition) is 1. The Balaban J connectivity index is 2.56. The topological polar surface area (TPSA) is 26.0 Å². The van der Waals surface area contributed by atoms with Crippen LogP contribution >= 0.6 is 22.9 Å². The van der Waals surface area contributed by atoms with Crippen LogP contribution < -0.4 is 5.73 Å². The summed E-state index contributed by atoms with van der Waals surface area (Å²) < 4.78 is 1.21. The minimum absolute atomic E-state index is 0.0776. The molecule has 1 nitrogen and oxygen atoms in total.